The molecule has 0 aliphatic carbocycles. The smallest absolute Gasteiger partial charge is 0.167 e. The van der Waals surface area contributed by atoms with Crippen LogP contribution in [0.25, 0.3) is 0 Å². The predicted molar refractivity (Wildman–Crippen MR) is 79.9 cm³/mol. The summed E-state index contributed by atoms with van der Waals surface area (Å²) in [5, 5.41) is 3.35. The molecule has 1 aromatic heterocycles. The van der Waals surface area contributed by atoms with Gasteiger partial charge in [-0.25, -0.2) is 4.98 Å². The summed E-state index contributed by atoms with van der Waals surface area (Å²) in [5.41, 5.74) is 9.62. The van der Waals surface area contributed by atoms with E-state index in [4.69, 9.17) is 5.73 Å². The average molecular weight is 267 g/mol. The molecule has 0 unspecified atom stereocenters. The van der Waals surface area contributed by atoms with Crippen LogP contribution in [0.1, 0.15) is 27.9 Å². The van der Waals surface area contributed by atoms with Crippen LogP contribution in [0, 0.1) is 0 Å². The Morgan fingerprint density at radius 1 is 1.35 bits per heavy atom. The number of benzene rings is 1. The summed E-state index contributed by atoms with van der Waals surface area (Å²) < 4.78 is 0. The van der Waals surface area contributed by atoms with Gasteiger partial charge in [0.05, 0.1) is 0 Å². The monoisotopic (exact) mass is 267 g/mol. The fourth-order valence-corrected chi connectivity index (χ4v) is 2.66. The molecule has 4 nitrogen and oxygen atoms in total. The zero-order chi connectivity index (χ0) is 13.9. The van der Waals surface area contributed by atoms with Crippen molar-refractivity contribution < 1.29 is 4.79 Å². The van der Waals surface area contributed by atoms with E-state index in [0.29, 0.717) is 12.2 Å². The van der Waals surface area contributed by atoms with Gasteiger partial charge in [-0.1, -0.05) is 12.1 Å². The Balaban J connectivity index is 1.88. The van der Waals surface area contributed by atoms with E-state index < -0.39 is 0 Å². The fourth-order valence-electron chi connectivity index (χ4n) is 2.66. The van der Waals surface area contributed by atoms with Crippen LogP contribution in [-0.4, -0.2) is 17.3 Å². The minimum Gasteiger partial charge on any atom is -0.385 e. The summed E-state index contributed by atoms with van der Waals surface area (Å²) in [6, 6.07) is 9.48. The number of hydrogen-bond donors (Lipinski definition) is 2. The number of carbonyl (C=O) groups excluding carboxylic acids is 1. The Kier molecular flexibility index (Phi) is 3.37. The molecule has 0 spiro atoms. The van der Waals surface area contributed by atoms with Crippen LogP contribution in [0.3, 0.4) is 0 Å². The minimum absolute atomic E-state index is 0.135. The molecule has 1 aliphatic rings. The van der Waals surface area contributed by atoms with Crippen molar-refractivity contribution in [3.8, 4) is 0 Å². The Labute approximate surface area is 118 Å². The first-order valence-corrected chi connectivity index (χ1v) is 6.83. The van der Waals surface area contributed by atoms with Gasteiger partial charge in [-0.3, -0.25) is 4.79 Å². The Bertz CT molecular complexity index is 652. The highest BCUT2D eigenvalue weighted by Crippen LogP contribution is 2.26. The zero-order valence-corrected chi connectivity index (χ0v) is 11.2. The van der Waals surface area contributed by atoms with Gasteiger partial charge in [-0.05, 0) is 42.2 Å². The number of hydrogen-bond acceptors (Lipinski definition) is 4. The van der Waals surface area contributed by atoms with E-state index in [9.17, 15) is 4.79 Å². The van der Waals surface area contributed by atoms with Crippen molar-refractivity contribution in [3.05, 3.63) is 53.2 Å². The van der Waals surface area contributed by atoms with Crippen molar-refractivity contribution in [3.63, 3.8) is 0 Å². The molecule has 4 heteroatoms. The van der Waals surface area contributed by atoms with Gasteiger partial charge in [0.1, 0.15) is 5.82 Å². The first kappa shape index (κ1) is 12.7. The number of Topliss-reactive ketones (excluding diaryl/α,β-unsaturated/α-hetero) is 1. The van der Waals surface area contributed by atoms with E-state index in [2.05, 4.69) is 10.3 Å². The number of rotatable bonds is 3. The first-order valence-electron chi connectivity index (χ1n) is 6.83. The number of ketones is 1. The number of anilines is 2. The third-order valence-corrected chi connectivity index (χ3v) is 3.61. The van der Waals surface area contributed by atoms with Crippen LogP contribution < -0.4 is 11.1 Å². The standard InChI is InChI=1S/C16H17N3O/c17-16-10-11(6-8-19-16)9-15(20)13-3-1-5-14-12(13)4-2-7-18-14/h1,3,5-6,8,10,18H,2,4,7,9H2,(H2,17,19). The van der Waals surface area contributed by atoms with Gasteiger partial charge in [0.25, 0.3) is 0 Å². The van der Waals surface area contributed by atoms with Gasteiger partial charge in [-0.2, -0.15) is 0 Å². The topological polar surface area (TPSA) is 68.0 Å². The number of pyridine rings is 1. The minimum atomic E-state index is 0.135. The van der Waals surface area contributed by atoms with Crippen LogP contribution in [0.5, 0.6) is 0 Å². The summed E-state index contributed by atoms with van der Waals surface area (Å²) in [4.78, 5) is 16.5. The molecule has 2 heterocycles. The molecular weight excluding hydrogens is 250 g/mol. The fraction of sp³-hybridized carbons (Fsp3) is 0.250. The zero-order valence-electron chi connectivity index (χ0n) is 11.2. The molecule has 1 aliphatic heterocycles. The number of nitrogen functional groups attached to an aromatic ring is 1. The largest absolute Gasteiger partial charge is 0.385 e. The third kappa shape index (κ3) is 2.50. The number of carbonyl (C=O) groups is 1. The van der Waals surface area contributed by atoms with Crippen LogP contribution in [0.2, 0.25) is 0 Å². The van der Waals surface area contributed by atoms with Gasteiger partial charge < -0.3 is 11.1 Å². The molecule has 1 aromatic carbocycles. The van der Waals surface area contributed by atoms with Crippen LogP contribution in [0.15, 0.2) is 36.5 Å². The Hall–Kier alpha value is -2.36. The van der Waals surface area contributed by atoms with Crippen molar-refractivity contribution in [1.29, 1.82) is 0 Å². The maximum Gasteiger partial charge on any atom is 0.167 e. The molecule has 0 atom stereocenters. The molecule has 0 saturated carbocycles. The lowest BCUT2D eigenvalue weighted by Crippen LogP contribution is -2.16. The lowest BCUT2D eigenvalue weighted by molar-refractivity contribution is 0.0992. The van der Waals surface area contributed by atoms with E-state index in [1.54, 1.807) is 12.3 Å². The number of nitrogens with two attached hydrogens (primary N) is 1. The Morgan fingerprint density at radius 3 is 3.10 bits per heavy atom. The summed E-state index contributed by atoms with van der Waals surface area (Å²) in [6.45, 7) is 0.978. The highest BCUT2D eigenvalue weighted by atomic mass is 16.1. The van der Waals surface area contributed by atoms with E-state index in [0.717, 1.165) is 41.8 Å². The summed E-state index contributed by atoms with van der Waals surface area (Å²) in [5.74, 6) is 0.586. The van der Waals surface area contributed by atoms with Crippen LogP contribution >= 0.6 is 0 Å². The molecule has 0 saturated heterocycles. The van der Waals surface area contributed by atoms with E-state index >= 15 is 0 Å². The second-order valence-electron chi connectivity index (χ2n) is 5.05. The molecule has 0 radical (unpaired) electrons. The number of nitrogens with zero attached hydrogens (tertiary/aromatic N) is 1. The van der Waals surface area contributed by atoms with E-state index in [-0.39, 0.29) is 5.78 Å². The molecule has 20 heavy (non-hydrogen) atoms. The SMILES string of the molecule is Nc1cc(CC(=O)c2cccc3c2CCCN3)ccn1. The van der Waals surface area contributed by atoms with Crippen molar-refractivity contribution in [2.24, 2.45) is 0 Å². The molecule has 102 valence electrons. The van der Waals surface area contributed by atoms with Gasteiger partial charge in [0, 0.05) is 30.4 Å². The molecule has 0 fully saturated rings. The summed E-state index contributed by atoms with van der Waals surface area (Å²) in [6.07, 6.45) is 4.03. The molecular formula is C16H17N3O. The van der Waals surface area contributed by atoms with E-state index in [1.165, 1.54) is 0 Å². The van der Waals surface area contributed by atoms with Crippen LogP contribution in [-0.2, 0) is 12.8 Å². The highest BCUT2D eigenvalue weighted by Gasteiger charge is 2.17. The van der Waals surface area contributed by atoms with E-state index in [1.807, 2.05) is 24.3 Å². The number of aromatic nitrogens is 1. The number of nitrogens with one attached hydrogen (secondary N) is 1. The third-order valence-electron chi connectivity index (χ3n) is 3.61. The van der Waals surface area contributed by atoms with Crippen molar-refractivity contribution in [2.45, 2.75) is 19.3 Å². The second kappa shape index (κ2) is 5.33. The normalized spacial score (nSPS) is 13.4. The number of fused-ring (bicyclic) bond motifs is 1. The lowest BCUT2D eigenvalue weighted by Gasteiger charge is -2.20. The molecule has 2 aromatic rings. The Morgan fingerprint density at radius 2 is 2.25 bits per heavy atom. The van der Waals surface area contributed by atoms with Crippen molar-refractivity contribution >= 4 is 17.3 Å². The van der Waals surface area contributed by atoms with Gasteiger partial charge in [0.15, 0.2) is 5.78 Å². The molecule has 3 rings (SSSR count). The second-order valence-corrected chi connectivity index (χ2v) is 5.05. The maximum atomic E-state index is 12.5. The van der Waals surface area contributed by atoms with Gasteiger partial charge >= 0.3 is 0 Å². The van der Waals surface area contributed by atoms with Crippen molar-refractivity contribution in [1.82, 2.24) is 4.98 Å². The summed E-state index contributed by atoms with van der Waals surface area (Å²) in [7, 11) is 0. The lowest BCUT2D eigenvalue weighted by atomic mass is 9.93. The maximum absolute atomic E-state index is 12.5. The molecule has 0 amide bonds. The quantitative estimate of drug-likeness (QED) is 0.838. The predicted octanol–water partition coefficient (Wildman–Crippen LogP) is 2.45. The first-order chi connectivity index (χ1) is 9.74. The summed E-state index contributed by atoms with van der Waals surface area (Å²) >= 11 is 0. The van der Waals surface area contributed by atoms with Gasteiger partial charge in [-0.15, -0.1) is 0 Å². The highest BCUT2D eigenvalue weighted by molar-refractivity contribution is 6.00. The van der Waals surface area contributed by atoms with Gasteiger partial charge in [0.2, 0.25) is 0 Å². The average Bonchev–Trinajstić information content (AvgIpc) is 2.46. The molecule has 0 bridgehead atoms. The van der Waals surface area contributed by atoms with Crippen molar-refractivity contribution in [2.75, 3.05) is 17.6 Å². The molecule has 3 N–H and O–H groups in total. The van der Waals surface area contributed by atoms with Crippen LogP contribution in [0.4, 0.5) is 11.5 Å².